The molecule has 2 aromatic carbocycles. The molecule has 4 aliphatic heterocycles. The van der Waals surface area contributed by atoms with Crippen LogP contribution in [-0.4, -0.2) is 93.0 Å². The Kier molecular flexibility index (Phi) is 6.11. The number of hydrazine groups is 2. The molecule has 9 nitrogen and oxygen atoms in total. The molecule has 34 heavy (non-hydrogen) atoms. The Bertz CT molecular complexity index is 1020. The average molecular weight is 468 g/mol. The van der Waals surface area contributed by atoms with Gasteiger partial charge in [-0.2, -0.15) is 5.12 Å². The van der Waals surface area contributed by atoms with E-state index < -0.39 is 6.10 Å². The topological polar surface area (TPSA) is 72.9 Å². The molecular formula is C25H29N3O6. The van der Waals surface area contributed by atoms with Gasteiger partial charge in [0.1, 0.15) is 23.9 Å². The van der Waals surface area contributed by atoms with Crippen LogP contribution in [0.15, 0.2) is 42.5 Å². The van der Waals surface area contributed by atoms with Crippen molar-refractivity contribution in [2.24, 2.45) is 0 Å². The number of morpholine rings is 2. The lowest BCUT2D eigenvalue weighted by molar-refractivity contribution is -0.228. The van der Waals surface area contributed by atoms with Gasteiger partial charge in [-0.05, 0) is 12.1 Å². The van der Waals surface area contributed by atoms with Gasteiger partial charge in [0, 0.05) is 43.4 Å². The van der Waals surface area contributed by atoms with Crippen molar-refractivity contribution < 1.29 is 28.5 Å². The average Bonchev–Trinajstić information content (AvgIpc) is 3.28. The van der Waals surface area contributed by atoms with E-state index in [4.69, 9.17) is 23.7 Å². The summed E-state index contributed by atoms with van der Waals surface area (Å²) < 4.78 is 28.7. The van der Waals surface area contributed by atoms with E-state index >= 15 is 0 Å². The zero-order chi connectivity index (χ0) is 22.9. The summed E-state index contributed by atoms with van der Waals surface area (Å²) in [6.45, 7) is 7.56. The second kappa shape index (κ2) is 9.52. The molecule has 0 aliphatic carbocycles. The van der Waals surface area contributed by atoms with Crippen LogP contribution in [0.3, 0.4) is 0 Å². The number of carbonyl (C=O) groups is 1. The fourth-order valence-corrected chi connectivity index (χ4v) is 5.12. The Hall–Kier alpha value is -2.69. The third kappa shape index (κ3) is 4.14. The van der Waals surface area contributed by atoms with Gasteiger partial charge in [-0.15, -0.1) is 0 Å². The second-order valence-corrected chi connectivity index (χ2v) is 8.75. The molecule has 6 rings (SSSR count). The van der Waals surface area contributed by atoms with Gasteiger partial charge < -0.3 is 23.7 Å². The first-order valence-electron chi connectivity index (χ1n) is 11.9. The molecule has 2 fully saturated rings. The maximum absolute atomic E-state index is 12.6. The zero-order valence-corrected chi connectivity index (χ0v) is 19.1. The molecule has 9 heteroatoms. The van der Waals surface area contributed by atoms with Crippen LogP contribution in [0.25, 0.3) is 0 Å². The van der Waals surface area contributed by atoms with Gasteiger partial charge >= 0.3 is 5.97 Å². The number of para-hydroxylation sites is 1. The SMILES string of the molecule is O=C1Oc2cc(OCCN(N3CCOCC3)N3CCOCC3)ccc2C2c3ccccc3OC12. The zero-order valence-electron chi connectivity index (χ0n) is 19.1. The Balaban J connectivity index is 1.15. The first-order chi connectivity index (χ1) is 16.8. The number of benzene rings is 2. The van der Waals surface area contributed by atoms with Crippen molar-refractivity contribution >= 4 is 5.97 Å². The Morgan fingerprint density at radius 2 is 1.56 bits per heavy atom. The maximum Gasteiger partial charge on any atom is 0.353 e. The first kappa shape index (κ1) is 21.8. The van der Waals surface area contributed by atoms with Crippen LogP contribution in [0.1, 0.15) is 17.0 Å². The maximum atomic E-state index is 12.6. The number of fused-ring (bicyclic) bond motifs is 5. The largest absolute Gasteiger partial charge is 0.492 e. The molecule has 2 atom stereocenters. The third-order valence-corrected chi connectivity index (χ3v) is 6.76. The van der Waals surface area contributed by atoms with E-state index in [1.165, 1.54) is 0 Å². The molecule has 0 amide bonds. The van der Waals surface area contributed by atoms with Crippen LogP contribution in [0.2, 0.25) is 0 Å². The predicted molar refractivity (Wildman–Crippen MR) is 122 cm³/mol. The third-order valence-electron chi connectivity index (χ3n) is 6.76. The Morgan fingerprint density at radius 3 is 2.29 bits per heavy atom. The Labute approximate surface area is 198 Å². The molecule has 0 bridgehead atoms. The van der Waals surface area contributed by atoms with E-state index in [0.717, 1.165) is 69.5 Å². The van der Waals surface area contributed by atoms with Crippen LogP contribution in [0.4, 0.5) is 0 Å². The number of ether oxygens (including phenoxy) is 5. The van der Waals surface area contributed by atoms with Crippen molar-refractivity contribution in [3.63, 3.8) is 0 Å². The molecule has 0 saturated carbocycles. The van der Waals surface area contributed by atoms with E-state index in [9.17, 15) is 4.79 Å². The molecule has 180 valence electrons. The molecule has 2 unspecified atom stereocenters. The van der Waals surface area contributed by atoms with Crippen LogP contribution in [-0.2, 0) is 14.3 Å². The van der Waals surface area contributed by atoms with E-state index in [1.54, 1.807) is 0 Å². The van der Waals surface area contributed by atoms with Gasteiger partial charge in [-0.25, -0.2) is 14.8 Å². The summed E-state index contributed by atoms with van der Waals surface area (Å²) >= 11 is 0. The molecule has 0 radical (unpaired) electrons. The van der Waals surface area contributed by atoms with Crippen LogP contribution < -0.4 is 14.2 Å². The van der Waals surface area contributed by atoms with E-state index in [-0.39, 0.29) is 11.9 Å². The summed E-state index contributed by atoms with van der Waals surface area (Å²) in [6.07, 6.45) is -0.632. The fourth-order valence-electron chi connectivity index (χ4n) is 5.12. The normalized spacial score (nSPS) is 24.7. The molecule has 0 spiro atoms. The number of rotatable bonds is 6. The van der Waals surface area contributed by atoms with Crippen molar-refractivity contribution in [3.05, 3.63) is 53.6 Å². The van der Waals surface area contributed by atoms with Gasteiger partial charge in [-0.1, -0.05) is 24.3 Å². The molecular weight excluding hydrogens is 438 g/mol. The summed E-state index contributed by atoms with van der Waals surface area (Å²) in [7, 11) is 0. The monoisotopic (exact) mass is 467 g/mol. The van der Waals surface area contributed by atoms with Gasteiger partial charge in [0.25, 0.3) is 0 Å². The van der Waals surface area contributed by atoms with Crippen molar-refractivity contribution in [3.8, 4) is 17.2 Å². The highest BCUT2D eigenvalue weighted by Gasteiger charge is 2.46. The standard InChI is InChI=1S/C25H29N3O6/c29-25-24-23(19-3-1-2-4-21(19)33-24)20-6-5-18(17-22(20)34-25)32-16-11-28(26-7-12-30-13-8-26)27-9-14-31-15-10-27/h1-6,17,23-24H,7-16H2. The van der Waals surface area contributed by atoms with Gasteiger partial charge in [0.15, 0.2) is 0 Å². The molecule has 0 aromatic heterocycles. The second-order valence-electron chi connectivity index (χ2n) is 8.75. The molecule has 4 heterocycles. The fraction of sp³-hybridized carbons (Fsp3) is 0.480. The molecule has 2 saturated heterocycles. The summed E-state index contributed by atoms with van der Waals surface area (Å²) in [5.74, 6) is 1.45. The first-order valence-corrected chi connectivity index (χ1v) is 11.9. The van der Waals surface area contributed by atoms with Crippen LogP contribution >= 0.6 is 0 Å². The van der Waals surface area contributed by atoms with Gasteiger partial charge in [0.05, 0.1) is 38.9 Å². The van der Waals surface area contributed by atoms with Crippen LogP contribution in [0.5, 0.6) is 17.2 Å². The van der Waals surface area contributed by atoms with Crippen molar-refractivity contribution in [2.75, 3.05) is 65.8 Å². The predicted octanol–water partition coefficient (Wildman–Crippen LogP) is 1.67. The number of carbonyl (C=O) groups excluding carboxylic acids is 1. The minimum Gasteiger partial charge on any atom is -0.492 e. The van der Waals surface area contributed by atoms with Crippen molar-refractivity contribution in [1.82, 2.24) is 15.1 Å². The number of hydrogen-bond acceptors (Lipinski definition) is 9. The Morgan fingerprint density at radius 1 is 0.882 bits per heavy atom. The van der Waals surface area contributed by atoms with E-state index in [2.05, 4.69) is 15.1 Å². The number of nitrogens with zero attached hydrogens (tertiary/aromatic N) is 3. The molecule has 0 N–H and O–H groups in total. The van der Waals surface area contributed by atoms with Crippen molar-refractivity contribution in [1.29, 1.82) is 0 Å². The minimum absolute atomic E-state index is 0.153. The lowest BCUT2D eigenvalue weighted by atomic mass is 9.86. The quantitative estimate of drug-likeness (QED) is 0.466. The highest BCUT2D eigenvalue weighted by molar-refractivity contribution is 5.84. The van der Waals surface area contributed by atoms with E-state index in [1.807, 2.05) is 42.5 Å². The number of hydrogen-bond donors (Lipinski definition) is 0. The molecule has 4 aliphatic rings. The van der Waals surface area contributed by atoms with Gasteiger partial charge in [-0.3, -0.25) is 0 Å². The smallest absolute Gasteiger partial charge is 0.353 e. The lowest BCUT2D eigenvalue weighted by Gasteiger charge is -2.44. The molecule has 2 aromatic rings. The number of esters is 1. The van der Waals surface area contributed by atoms with Gasteiger partial charge in [0.2, 0.25) is 6.10 Å². The van der Waals surface area contributed by atoms with Crippen LogP contribution in [0, 0.1) is 0 Å². The van der Waals surface area contributed by atoms with E-state index in [0.29, 0.717) is 24.7 Å². The highest BCUT2D eigenvalue weighted by Crippen LogP contribution is 2.48. The summed E-state index contributed by atoms with van der Waals surface area (Å²) in [5.41, 5.74) is 1.97. The van der Waals surface area contributed by atoms with Crippen molar-refractivity contribution in [2.45, 2.75) is 12.0 Å². The highest BCUT2D eigenvalue weighted by atomic mass is 16.6. The summed E-state index contributed by atoms with van der Waals surface area (Å²) in [4.78, 5) is 12.6. The minimum atomic E-state index is -0.632. The summed E-state index contributed by atoms with van der Waals surface area (Å²) in [5, 5.41) is 6.93. The lowest BCUT2D eigenvalue weighted by Crippen LogP contribution is -2.60. The summed E-state index contributed by atoms with van der Waals surface area (Å²) in [6, 6.07) is 13.5.